The summed E-state index contributed by atoms with van der Waals surface area (Å²) in [5.41, 5.74) is 1.85. The van der Waals surface area contributed by atoms with Crippen molar-refractivity contribution in [2.75, 3.05) is 12.4 Å². The molecule has 0 aliphatic rings. The van der Waals surface area contributed by atoms with Crippen LogP contribution >= 0.6 is 0 Å². The summed E-state index contributed by atoms with van der Waals surface area (Å²) in [6.45, 7) is 1.47. The first-order valence-corrected chi connectivity index (χ1v) is 7.16. The summed E-state index contributed by atoms with van der Waals surface area (Å²) in [6.07, 6.45) is 1.58. The second kappa shape index (κ2) is 5.96. The van der Waals surface area contributed by atoms with Crippen molar-refractivity contribution in [1.29, 1.82) is 0 Å². The Balaban J connectivity index is 1.95. The van der Waals surface area contributed by atoms with Crippen molar-refractivity contribution < 1.29 is 14.3 Å². The number of rotatable bonds is 3. The normalized spacial score (nSPS) is 10.5. The van der Waals surface area contributed by atoms with Gasteiger partial charge in [-0.2, -0.15) is 0 Å². The van der Waals surface area contributed by atoms with Crippen molar-refractivity contribution in [3.05, 3.63) is 60.3 Å². The number of carbonyl (C=O) groups excluding carboxylic acids is 2. The molecule has 1 heterocycles. The van der Waals surface area contributed by atoms with Gasteiger partial charge in [-0.05, 0) is 30.3 Å². The molecule has 0 aliphatic carbocycles. The molecule has 0 atom stereocenters. The second-order valence-electron chi connectivity index (χ2n) is 5.13. The Morgan fingerprint density at radius 2 is 1.74 bits per heavy atom. The first-order chi connectivity index (χ1) is 11.1. The third-order valence-electron chi connectivity index (χ3n) is 3.64. The molecule has 3 aromatic rings. The number of nitrogens with zero attached hydrogens (tertiary/aromatic N) is 1. The number of anilines is 1. The number of aromatic nitrogens is 1. The molecule has 0 fully saturated rings. The highest BCUT2D eigenvalue weighted by Crippen LogP contribution is 2.23. The number of hydrogen-bond acceptors (Lipinski definition) is 3. The average Bonchev–Trinajstić information content (AvgIpc) is 2.95. The number of amides is 1. The number of para-hydroxylation sites is 1. The van der Waals surface area contributed by atoms with E-state index >= 15 is 0 Å². The van der Waals surface area contributed by atoms with Crippen LogP contribution in [-0.2, 0) is 0 Å². The number of ether oxygens (including phenoxy) is 1. The van der Waals surface area contributed by atoms with E-state index in [0.717, 1.165) is 16.7 Å². The molecular weight excluding hydrogens is 292 g/mol. The van der Waals surface area contributed by atoms with E-state index in [1.165, 1.54) is 11.5 Å². The highest BCUT2D eigenvalue weighted by atomic mass is 16.5. The minimum atomic E-state index is -0.258. The van der Waals surface area contributed by atoms with E-state index in [0.29, 0.717) is 11.3 Å². The lowest BCUT2D eigenvalue weighted by atomic mass is 10.1. The number of methoxy groups -OCH3 is 1. The first kappa shape index (κ1) is 14.8. The SMILES string of the molecule is COc1ccc(NC(=O)c2cn(C(C)=O)c3ccccc23)cc1. The minimum absolute atomic E-state index is 0.135. The number of nitrogens with one attached hydrogen (secondary N) is 1. The highest BCUT2D eigenvalue weighted by Gasteiger charge is 2.16. The van der Waals surface area contributed by atoms with E-state index in [1.54, 1.807) is 37.6 Å². The first-order valence-electron chi connectivity index (χ1n) is 7.16. The predicted octanol–water partition coefficient (Wildman–Crippen LogP) is 3.56. The van der Waals surface area contributed by atoms with E-state index in [4.69, 9.17) is 4.74 Å². The van der Waals surface area contributed by atoms with Gasteiger partial charge in [-0.1, -0.05) is 18.2 Å². The maximum absolute atomic E-state index is 12.6. The zero-order valence-electron chi connectivity index (χ0n) is 12.9. The monoisotopic (exact) mass is 308 g/mol. The summed E-state index contributed by atoms with van der Waals surface area (Å²) in [5.74, 6) is 0.326. The van der Waals surface area contributed by atoms with Gasteiger partial charge < -0.3 is 10.1 Å². The Hall–Kier alpha value is -3.08. The predicted molar refractivity (Wildman–Crippen MR) is 89.2 cm³/mol. The van der Waals surface area contributed by atoms with Crippen molar-refractivity contribution in [2.24, 2.45) is 0 Å². The molecule has 5 nitrogen and oxygen atoms in total. The summed E-state index contributed by atoms with van der Waals surface area (Å²) < 4.78 is 6.58. The second-order valence-corrected chi connectivity index (χ2v) is 5.13. The summed E-state index contributed by atoms with van der Waals surface area (Å²) >= 11 is 0. The van der Waals surface area contributed by atoms with Gasteiger partial charge in [0.15, 0.2) is 0 Å². The molecule has 1 aromatic heterocycles. The fraction of sp³-hybridized carbons (Fsp3) is 0.111. The largest absolute Gasteiger partial charge is 0.497 e. The summed E-state index contributed by atoms with van der Waals surface area (Å²) in [4.78, 5) is 24.3. The lowest BCUT2D eigenvalue weighted by molar-refractivity contribution is 0.0941. The molecule has 0 unspecified atom stereocenters. The van der Waals surface area contributed by atoms with Crippen LogP contribution in [0.5, 0.6) is 5.75 Å². The van der Waals surface area contributed by atoms with Gasteiger partial charge in [0.2, 0.25) is 5.91 Å². The van der Waals surface area contributed by atoms with Gasteiger partial charge in [0.1, 0.15) is 5.75 Å². The zero-order chi connectivity index (χ0) is 16.4. The van der Waals surface area contributed by atoms with Crippen molar-refractivity contribution in [1.82, 2.24) is 4.57 Å². The number of benzene rings is 2. The van der Waals surface area contributed by atoms with Gasteiger partial charge in [-0.3, -0.25) is 14.2 Å². The standard InChI is InChI=1S/C18H16N2O3/c1-12(21)20-11-16(15-5-3-4-6-17(15)20)18(22)19-13-7-9-14(23-2)10-8-13/h3-11H,1-2H3,(H,19,22). The third kappa shape index (κ3) is 2.81. The topological polar surface area (TPSA) is 60.3 Å². The van der Waals surface area contributed by atoms with Crippen LogP contribution in [0.2, 0.25) is 0 Å². The van der Waals surface area contributed by atoms with Crippen LogP contribution < -0.4 is 10.1 Å². The lowest BCUT2D eigenvalue weighted by Gasteiger charge is -2.05. The van der Waals surface area contributed by atoms with E-state index in [-0.39, 0.29) is 11.8 Å². The van der Waals surface area contributed by atoms with Crippen LogP contribution in [0.1, 0.15) is 22.1 Å². The molecule has 23 heavy (non-hydrogen) atoms. The van der Waals surface area contributed by atoms with Crippen molar-refractivity contribution in [2.45, 2.75) is 6.92 Å². The molecule has 5 heteroatoms. The molecule has 2 aromatic carbocycles. The Kier molecular flexibility index (Phi) is 3.85. The van der Waals surface area contributed by atoms with Crippen LogP contribution in [0, 0.1) is 0 Å². The molecule has 0 saturated heterocycles. The van der Waals surface area contributed by atoms with Crippen LogP contribution in [-0.4, -0.2) is 23.5 Å². The van der Waals surface area contributed by atoms with Crippen molar-refractivity contribution in [3.8, 4) is 5.75 Å². The molecule has 0 spiro atoms. The molecule has 1 N–H and O–H groups in total. The van der Waals surface area contributed by atoms with Gasteiger partial charge >= 0.3 is 0 Å². The van der Waals surface area contributed by atoms with Crippen molar-refractivity contribution >= 4 is 28.4 Å². The Labute approximate surface area is 133 Å². The molecular formula is C18H16N2O3. The van der Waals surface area contributed by atoms with Gasteiger partial charge in [0.05, 0.1) is 18.2 Å². The molecule has 0 bridgehead atoms. The number of carbonyl (C=O) groups is 2. The van der Waals surface area contributed by atoms with Gasteiger partial charge in [0, 0.05) is 24.2 Å². The average molecular weight is 308 g/mol. The summed E-state index contributed by atoms with van der Waals surface area (Å²) in [6, 6.07) is 14.4. The Morgan fingerprint density at radius 1 is 1.04 bits per heavy atom. The maximum Gasteiger partial charge on any atom is 0.257 e. The Bertz CT molecular complexity index is 879. The van der Waals surface area contributed by atoms with E-state index in [1.807, 2.05) is 24.3 Å². The fourth-order valence-electron chi connectivity index (χ4n) is 2.49. The van der Waals surface area contributed by atoms with Crippen LogP contribution in [0.15, 0.2) is 54.7 Å². The van der Waals surface area contributed by atoms with Crippen LogP contribution in [0.3, 0.4) is 0 Å². The molecule has 0 radical (unpaired) electrons. The van der Waals surface area contributed by atoms with E-state index < -0.39 is 0 Å². The number of hydrogen-bond donors (Lipinski definition) is 1. The smallest absolute Gasteiger partial charge is 0.257 e. The minimum Gasteiger partial charge on any atom is -0.497 e. The number of fused-ring (bicyclic) bond motifs is 1. The quantitative estimate of drug-likeness (QED) is 0.804. The molecule has 0 saturated carbocycles. The van der Waals surface area contributed by atoms with Crippen molar-refractivity contribution in [3.63, 3.8) is 0 Å². The van der Waals surface area contributed by atoms with Gasteiger partial charge in [0.25, 0.3) is 5.91 Å². The van der Waals surface area contributed by atoms with Gasteiger partial charge in [-0.15, -0.1) is 0 Å². The highest BCUT2D eigenvalue weighted by molar-refractivity contribution is 6.14. The summed E-state index contributed by atoms with van der Waals surface area (Å²) in [5, 5.41) is 3.58. The molecule has 0 aliphatic heterocycles. The third-order valence-corrected chi connectivity index (χ3v) is 3.64. The van der Waals surface area contributed by atoms with E-state index in [9.17, 15) is 9.59 Å². The Morgan fingerprint density at radius 3 is 2.39 bits per heavy atom. The fourth-order valence-corrected chi connectivity index (χ4v) is 2.49. The van der Waals surface area contributed by atoms with E-state index in [2.05, 4.69) is 5.32 Å². The van der Waals surface area contributed by atoms with Crippen LogP contribution in [0.4, 0.5) is 5.69 Å². The maximum atomic E-state index is 12.6. The molecule has 1 amide bonds. The lowest BCUT2D eigenvalue weighted by Crippen LogP contribution is -2.11. The zero-order valence-corrected chi connectivity index (χ0v) is 12.9. The van der Waals surface area contributed by atoms with Gasteiger partial charge in [-0.25, -0.2) is 0 Å². The van der Waals surface area contributed by atoms with Crippen LogP contribution in [0.25, 0.3) is 10.9 Å². The molecule has 3 rings (SSSR count). The molecule has 116 valence electrons. The summed E-state index contributed by atoms with van der Waals surface area (Å²) in [7, 11) is 1.59.